The number of carbonyl (C=O) groups is 2. The predicted molar refractivity (Wildman–Crippen MR) is 88.9 cm³/mol. The molecule has 23 heavy (non-hydrogen) atoms. The molecule has 2 aliphatic heterocycles. The van der Waals surface area contributed by atoms with Crippen molar-refractivity contribution in [1.29, 1.82) is 0 Å². The Labute approximate surface area is 139 Å². The number of hydrogen-bond acceptors (Lipinski definition) is 4. The number of ether oxygens (including phenoxy) is 1. The van der Waals surface area contributed by atoms with Crippen LogP contribution in [0.5, 0.6) is 0 Å². The number of primary amides is 1. The summed E-state index contributed by atoms with van der Waals surface area (Å²) in [6.07, 6.45) is 3.75. The molecule has 2 aliphatic rings. The molecule has 0 spiro atoms. The lowest BCUT2D eigenvalue weighted by atomic mass is 9.93. The lowest BCUT2D eigenvalue weighted by molar-refractivity contribution is -0.123. The SMILES string of the molecule is CC(C)(C)OC(=O)N1CCC(CN2CCC[C@H](C(N)=O)C2)CC1. The van der Waals surface area contributed by atoms with Crippen LogP contribution >= 0.6 is 0 Å². The molecule has 2 amide bonds. The molecule has 132 valence electrons. The van der Waals surface area contributed by atoms with Gasteiger partial charge in [0.05, 0.1) is 5.92 Å². The Morgan fingerprint density at radius 2 is 1.78 bits per heavy atom. The van der Waals surface area contributed by atoms with E-state index in [4.69, 9.17) is 10.5 Å². The maximum absolute atomic E-state index is 12.1. The van der Waals surface area contributed by atoms with E-state index in [1.165, 1.54) is 0 Å². The zero-order valence-electron chi connectivity index (χ0n) is 14.7. The van der Waals surface area contributed by atoms with Crippen molar-refractivity contribution in [1.82, 2.24) is 9.80 Å². The van der Waals surface area contributed by atoms with Crippen LogP contribution in [0.25, 0.3) is 0 Å². The Balaban J connectivity index is 1.74. The van der Waals surface area contributed by atoms with Gasteiger partial charge >= 0.3 is 6.09 Å². The molecule has 0 radical (unpaired) electrons. The second-order valence-corrected chi connectivity index (χ2v) is 7.91. The van der Waals surface area contributed by atoms with E-state index in [0.29, 0.717) is 5.92 Å². The monoisotopic (exact) mass is 325 g/mol. The summed E-state index contributed by atoms with van der Waals surface area (Å²) in [5.74, 6) is 0.417. The summed E-state index contributed by atoms with van der Waals surface area (Å²) < 4.78 is 5.43. The van der Waals surface area contributed by atoms with Crippen LogP contribution in [-0.4, -0.2) is 60.1 Å². The van der Waals surface area contributed by atoms with Crippen molar-refractivity contribution in [2.45, 2.75) is 52.1 Å². The summed E-state index contributed by atoms with van der Waals surface area (Å²) in [4.78, 5) is 27.6. The first-order valence-electron chi connectivity index (χ1n) is 8.74. The fourth-order valence-corrected chi connectivity index (χ4v) is 3.44. The Bertz CT molecular complexity index is 425. The van der Waals surface area contributed by atoms with Gasteiger partial charge < -0.3 is 20.3 Å². The van der Waals surface area contributed by atoms with Gasteiger partial charge in [-0.1, -0.05) is 0 Å². The number of piperidine rings is 2. The molecule has 2 heterocycles. The minimum Gasteiger partial charge on any atom is -0.444 e. The number of hydrogen-bond donors (Lipinski definition) is 1. The first-order chi connectivity index (χ1) is 10.7. The van der Waals surface area contributed by atoms with Crippen LogP contribution in [0.4, 0.5) is 4.79 Å². The number of amides is 2. The maximum Gasteiger partial charge on any atom is 0.410 e. The van der Waals surface area contributed by atoms with E-state index in [9.17, 15) is 9.59 Å². The van der Waals surface area contributed by atoms with E-state index in [-0.39, 0.29) is 17.9 Å². The number of nitrogens with two attached hydrogens (primary N) is 1. The molecule has 0 aromatic carbocycles. The van der Waals surface area contributed by atoms with Gasteiger partial charge in [-0.05, 0) is 58.9 Å². The average Bonchev–Trinajstić information content (AvgIpc) is 2.46. The third-order valence-electron chi connectivity index (χ3n) is 4.69. The van der Waals surface area contributed by atoms with Crippen LogP contribution in [0.1, 0.15) is 46.5 Å². The first-order valence-corrected chi connectivity index (χ1v) is 8.74. The number of likely N-dealkylation sites (tertiary alicyclic amines) is 2. The average molecular weight is 325 g/mol. The highest BCUT2D eigenvalue weighted by atomic mass is 16.6. The molecular weight excluding hydrogens is 294 g/mol. The molecule has 0 bridgehead atoms. The normalized spacial score (nSPS) is 24.5. The third-order valence-corrected chi connectivity index (χ3v) is 4.69. The van der Waals surface area contributed by atoms with Crippen molar-refractivity contribution in [2.75, 3.05) is 32.7 Å². The lowest BCUT2D eigenvalue weighted by Crippen LogP contribution is -2.46. The van der Waals surface area contributed by atoms with Crippen molar-refractivity contribution >= 4 is 12.0 Å². The topological polar surface area (TPSA) is 75.9 Å². The summed E-state index contributed by atoms with van der Waals surface area (Å²) in [6.45, 7) is 10.0. The summed E-state index contributed by atoms with van der Waals surface area (Å²) in [7, 11) is 0. The highest BCUT2D eigenvalue weighted by Crippen LogP contribution is 2.23. The van der Waals surface area contributed by atoms with Gasteiger partial charge in [0.15, 0.2) is 0 Å². The van der Waals surface area contributed by atoms with E-state index < -0.39 is 5.60 Å². The molecule has 0 aromatic rings. The van der Waals surface area contributed by atoms with Crippen LogP contribution in [0, 0.1) is 11.8 Å². The number of carbonyl (C=O) groups excluding carboxylic acids is 2. The number of nitrogens with zero attached hydrogens (tertiary/aromatic N) is 2. The molecule has 2 fully saturated rings. The van der Waals surface area contributed by atoms with Crippen LogP contribution < -0.4 is 5.73 Å². The maximum atomic E-state index is 12.1. The van der Waals surface area contributed by atoms with Gasteiger partial charge in [0.25, 0.3) is 0 Å². The van der Waals surface area contributed by atoms with Gasteiger partial charge in [0.1, 0.15) is 5.60 Å². The second kappa shape index (κ2) is 7.51. The summed E-state index contributed by atoms with van der Waals surface area (Å²) in [5.41, 5.74) is 5.00. The van der Waals surface area contributed by atoms with Gasteiger partial charge in [0, 0.05) is 26.2 Å². The standard InChI is InChI=1S/C17H31N3O3/c1-17(2,3)23-16(22)20-9-6-13(7-10-20)11-19-8-4-5-14(12-19)15(18)21/h13-14H,4-12H2,1-3H3,(H2,18,21)/t14-/m0/s1. The molecule has 0 aliphatic carbocycles. The Kier molecular flexibility index (Phi) is 5.89. The summed E-state index contributed by atoms with van der Waals surface area (Å²) in [6, 6.07) is 0. The minimum absolute atomic E-state index is 0.00519. The van der Waals surface area contributed by atoms with Crippen molar-refractivity contribution in [3.05, 3.63) is 0 Å². The molecule has 1 atom stereocenters. The third kappa shape index (κ3) is 5.68. The quantitative estimate of drug-likeness (QED) is 0.859. The zero-order valence-corrected chi connectivity index (χ0v) is 14.7. The summed E-state index contributed by atoms with van der Waals surface area (Å²) in [5, 5.41) is 0. The van der Waals surface area contributed by atoms with E-state index in [1.54, 1.807) is 0 Å². The molecule has 6 heteroatoms. The molecule has 2 rings (SSSR count). The highest BCUT2D eigenvalue weighted by molar-refractivity contribution is 5.76. The van der Waals surface area contributed by atoms with Crippen LogP contribution in [0.3, 0.4) is 0 Å². The van der Waals surface area contributed by atoms with E-state index in [0.717, 1.165) is 58.4 Å². The van der Waals surface area contributed by atoms with Crippen molar-refractivity contribution in [2.24, 2.45) is 17.6 Å². The van der Waals surface area contributed by atoms with Crippen LogP contribution in [0.15, 0.2) is 0 Å². The lowest BCUT2D eigenvalue weighted by Gasteiger charge is -2.37. The molecule has 2 N–H and O–H groups in total. The summed E-state index contributed by atoms with van der Waals surface area (Å²) >= 11 is 0. The smallest absolute Gasteiger partial charge is 0.410 e. The fourth-order valence-electron chi connectivity index (χ4n) is 3.44. The zero-order chi connectivity index (χ0) is 17.0. The number of rotatable bonds is 3. The van der Waals surface area contributed by atoms with Gasteiger partial charge in [-0.25, -0.2) is 4.79 Å². The molecule has 0 unspecified atom stereocenters. The first kappa shape index (κ1) is 18.0. The highest BCUT2D eigenvalue weighted by Gasteiger charge is 2.29. The fraction of sp³-hybridized carbons (Fsp3) is 0.882. The predicted octanol–water partition coefficient (Wildman–Crippen LogP) is 1.83. The van der Waals surface area contributed by atoms with Gasteiger partial charge in [-0.3, -0.25) is 4.79 Å². The van der Waals surface area contributed by atoms with Crippen molar-refractivity contribution < 1.29 is 14.3 Å². The van der Waals surface area contributed by atoms with Gasteiger partial charge in [0.2, 0.25) is 5.91 Å². The van der Waals surface area contributed by atoms with Crippen LogP contribution in [-0.2, 0) is 9.53 Å². The Morgan fingerprint density at radius 1 is 1.13 bits per heavy atom. The largest absolute Gasteiger partial charge is 0.444 e. The molecular formula is C17H31N3O3. The van der Waals surface area contributed by atoms with Crippen LogP contribution in [0.2, 0.25) is 0 Å². The second-order valence-electron chi connectivity index (χ2n) is 7.91. The van der Waals surface area contributed by atoms with E-state index in [2.05, 4.69) is 4.90 Å². The molecule has 2 saturated heterocycles. The Hall–Kier alpha value is -1.30. The van der Waals surface area contributed by atoms with E-state index >= 15 is 0 Å². The van der Waals surface area contributed by atoms with Crippen molar-refractivity contribution in [3.8, 4) is 0 Å². The van der Waals surface area contributed by atoms with E-state index in [1.807, 2.05) is 25.7 Å². The Morgan fingerprint density at radius 3 is 2.35 bits per heavy atom. The molecule has 0 aromatic heterocycles. The molecule has 0 saturated carbocycles. The molecule has 6 nitrogen and oxygen atoms in total. The minimum atomic E-state index is -0.439. The van der Waals surface area contributed by atoms with Gasteiger partial charge in [-0.2, -0.15) is 0 Å². The van der Waals surface area contributed by atoms with Crippen molar-refractivity contribution in [3.63, 3.8) is 0 Å². The van der Waals surface area contributed by atoms with Gasteiger partial charge in [-0.15, -0.1) is 0 Å².